The van der Waals surface area contributed by atoms with E-state index in [1.54, 1.807) is 23.1 Å². The number of ether oxygens (including phenoxy) is 1. The second-order valence-electron chi connectivity index (χ2n) is 4.99. The number of amides is 2. The summed E-state index contributed by atoms with van der Waals surface area (Å²) in [6, 6.07) is 7.15. The lowest BCUT2D eigenvalue weighted by Crippen LogP contribution is -2.62. The highest BCUT2D eigenvalue weighted by Gasteiger charge is 2.50. The minimum absolute atomic E-state index is 0.0181. The van der Waals surface area contributed by atoms with Gasteiger partial charge in [0.25, 0.3) is 17.4 Å². The Hall–Kier alpha value is -2.08. The molecule has 0 fully saturated rings. The maximum absolute atomic E-state index is 12.6. The minimum Gasteiger partial charge on any atom is -0.466 e. The van der Waals surface area contributed by atoms with Crippen LogP contribution in [-0.2, 0) is 9.59 Å². The molecule has 1 heterocycles. The number of aliphatic hydroxyl groups is 1. The molecule has 1 aromatic rings. The monoisotopic (exact) mass is 292 g/mol. The predicted molar refractivity (Wildman–Crippen MR) is 78.2 cm³/mol. The van der Waals surface area contributed by atoms with Gasteiger partial charge in [-0.05, 0) is 32.4 Å². The smallest absolute Gasteiger partial charge is 0.280 e. The summed E-state index contributed by atoms with van der Waals surface area (Å²) in [7, 11) is 0. The molecule has 0 aliphatic carbocycles. The summed E-state index contributed by atoms with van der Waals surface area (Å²) in [5, 5.41) is 11.4. The number of likely N-dealkylation sites (N-methyl/N-ethyl adjacent to an activating group) is 1. The SMILES string of the molecule is CCN1C(=O)C(C)(C(=O)NCCCO)Oc2ccccc21. The number of nitrogens with zero attached hydrogens (tertiary/aromatic N) is 1. The van der Waals surface area contributed by atoms with E-state index in [1.807, 2.05) is 13.0 Å². The second kappa shape index (κ2) is 6.13. The fourth-order valence-corrected chi connectivity index (χ4v) is 2.30. The van der Waals surface area contributed by atoms with Gasteiger partial charge in [-0.25, -0.2) is 0 Å². The Morgan fingerprint density at radius 3 is 2.81 bits per heavy atom. The summed E-state index contributed by atoms with van der Waals surface area (Å²) < 4.78 is 5.69. The Morgan fingerprint density at radius 2 is 2.14 bits per heavy atom. The molecule has 0 radical (unpaired) electrons. The molecular formula is C15H20N2O4. The number of anilines is 1. The first-order valence-corrected chi connectivity index (χ1v) is 7.03. The average molecular weight is 292 g/mol. The van der Waals surface area contributed by atoms with Crippen LogP contribution in [0.4, 0.5) is 5.69 Å². The number of fused-ring (bicyclic) bond motifs is 1. The van der Waals surface area contributed by atoms with Crippen molar-refractivity contribution in [1.82, 2.24) is 5.32 Å². The molecule has 1 aliphatic heterocycles. The number of aliphatic hydroxyl groups excluding tert-OH is 1. The van der Waals surface area contributed by atoms with Crippen LogP contribution >= 0.6 is 0 Å². The molecule has 2 rings (SSSR count). The molecule has 0 aromatic heterocycles. The van der Waals surface area contributed by atoms with E-state index in [0.29, 0.717) is 30.9 Å². The molecule has 2 amide bonds. The quantitative estimate of drug-likeness (QED) is 0.618. The topological polar surface area (TPSA) is 78.9 Å². The first-order valence-electron chi connectivity index (χ1n) is 7.03. The van der Waals surface area contributed by atoms with Gasteiger partial charge in [-0.3, -0.25) is 9.59 Å². The van der Waals surface area contributed by atoms with Crippen LogP contribution in [0, 0.1) is 0 Å². The first kappa shape index (κ1) is 15.3. The van der Waals surface area contributed by atoms with Crippen molar-refractivity contribution in [2.45, 2.75) is 25.9 Å². The zero-order valence-corrected chi connectivity index (χ0v) is 12.3. The molecule has 1 unspecified atom stereocenters. The van der Waals surface area contributed by atoms with E-state index >= 15 is 0 Å². The van der Waals surface area contributed by atoms with Gasteiger partial charge in [0.1, 0.15) is 5.75 Å². The summed E-state index contributed by atoms with van der Waals surface area (Å²) in [4.78, 5) is 26.5. The van der Waals surface area contributed by atoms with Crippen molar-refractivity contribution >= 4 is 17.5 Å². The van der Waals surface area contributed by atoms with Crippen molar-refractivity contribution in [3.05, 3.63) is 24.3 Å². The molecule has 0 saturated heterocycles. The number of hydrogen-bond donors (Lipinski definition) is 2. The standard InChI is InChI=1S/C15H20N2O4/c1-3-17-11-7-4-5-8-12(11)21-15(2,14(17)20)13(19)16-9-6-10-18/h4-5,7-8,18H,3,6,9-10H2,1-2H3,(H,16,19). The highest BCUT2D eigenvalue weighted by molar-refractivity contribution is 6.16. The minimum atomic E-state index is -1.58. The highest BCUT2D eigenvalue weighted by atomic mass is 16.5. The van der Waals surface area contributed by atoms with Crippen LogP contribution in [0.1, 0.15) is 20.3 Å². The van der Waals surface area contributed by atoms with Crippen LogP contribution in [-0.4, -0.2) is 42.2 Å². The van der Waals surface area contributed by atoms with Crippen molar-refractivity contribution in [2.75, 3.05) is 24.6 Å². The largest absolute Gasteiger partial charge is 0.466 e. The Bertz CT molecular complexity index is 546. The fourth-order valence-electron chi connectivity index (χ4n) is 2.30. The normalized spacial score (nSPS) is 20.7. The number of carbonyl (C=O) groups excluding carboxylic acids is 2. The summed E-state index contributed by atoms with van der Waals surface area (Å²) in [6.45, 7) is 4.07. The van der Waals surface area contributed by atoms with E-state index in [4.69, 9.17) is 9.84 Å². The van der Waals surface area contributed by atoms with Crippen LogP contribution in [0.2, 0.25) is 0 Å². The molecule has 0 bridgehead atoms. The van der Waals surface area contributed by atoms with Crippen LogP contribution in [0.5, 0.6) is 5.75 Å². The van der Waals surface area contributed by atoms with E-state index < -0.39 is 11.5 Å². The van der Waals surface area contributed by atoms with E-state index in [9.17, 15) is 9.59 Å². The van der Waals surface area contributed by atoms with Gasteiger partial charge in [0.2, 0.25) is 0 Å². The predicted octanol–water partition coefficient (Wildman–Crippen LogP) is 0.689. The van der Waals surface area contributed by atoms with Crippen LogP contribution in [0.25, 0.3) is 0 Å². The van der Waals surface area contributed by atoms with Crippen molar-refractivity contribution in [3.63, 3.8) is 0 Å². The van der Waals surface area contributed by atoms with E-state index in [2.05, 4.69) is 5.32 Å². The molecule has 2 N–H and O–H groups in total. The van der Waals surface area contributed by atoms with Crippen molar-refractivity contribution in [3.8, 4) is 5.75 Å². The van der Waals surface area contributed by atoms with Gasteiger partial charge in [-0.2, -0.15) is 0 Å². The Kier molecular flexibility index (Phi) is 4.47. The van der Waals surface area contributed by atoms with Gasteiger partial charge >= 0.3 is 0 Å². The van der Waals surface area contributed by atoms with E-state index in [1.165, 1.54) is 6.92 Å². The maximum Gasteiger partial charge on any atom is 0.280 e. The lowest BCUT2D eigenvalue weighted by Gasteiger charge is -2.39. The third kappa shape index (κ3) is 2.71. The molecule has 6 nitrogen and oxygen atoms in total. The van der Waals surface area contributed by atoms with Crippen LogP contribution in [0.15, 0.2) is 24.3 Å². The van der Waals surface area contributed by atoms with Gasteiger partial charge < -0.3 is 20.1 Å². The number of carbonyl (C=O) groups is 2. The van der Waals surface area contributed by atoms with Crippen LogP contribution in [0.3, 0.4) is 0 Å². The summed E-state index contributed by atoms with van der Waals surface area (Å²) >= 11 is 0. The average Bonchev–Trinajstić information content (AvgIpc) is 2.48. The number of hydrogen-bond acceptors (Lipinski definition) is 4. The molecular weight excluding hydrogens is 272 g/mol. The zero-order chi connectivity index (χ0) is 15.5. The summed E-state index contributed by atoms with van der Waals surface area (Å²) in [5.74, 6) is -0.363. The van der Waals surface area contributed by atoms with Crippen molar-refractivity contribution < 1.29 is 19.4 Å². The number of benzene rings is 1. The third-order valence-corrected chi connectivity index (χ3v) is 3.49. The fraction of sp³-hybridized carbons (Fsp3) is 0.467. The Morgan fingerprint density at radius 1 is 1.43 bits per heavy atom. The van der Waals surface area contributed by atoms with E-state index in [-0.39, 0.29) is 12.5 Å². The Labute approximate surface area is 123 Å². The van der Waals surface area contributed by atoms with Gasteiger partial charge in [-0.15, -0.1) is 0 Å². The number of nitrogens with one attached hydrogen (secondary N) is 1. The molecule has 1 aromatic carbocycles. The molecule has 21 heavy (non-hydrogen) atoms. The van der Waals surface area contributed by atoms with Crippen molar-refractivity contribution in [1.29, 1.82) is 0 Å². The van der Waals surface area contributed by atoms with Crippen molar-refractivity contribution in [2.24, 2.45) is 0 Å². The van der Waals surface area contributed by atoms with Gasteiger partial charge in [0.05, 0.1) is 5.69 Å². The maximum atomic E-state index is 12.6. The van der Waals surface area contributed by atoms with Gasteiger partial charge in [0, 0.05) is 19.7 Å². The zero-order valence-electron chi connectivity index (χ0n) is 12.3. The highest BCUT2D eigenvalue weighted by Crippen LogP contribution is 2.37. The lowest BCUT2D eigenvalue weighted by atomic mass is 10.00. The summed E-state index contributed by atoms with van der Waals surface area (Å²) in [6.07, 6.45) is 0.435. The molecule has 6 heteroatoms. The molecule has 114 valence electrons. The van der Waals surface area contributed by atoms with E-state index in [0.717, 1.165) is 0 Å². The van der Waals surface area contributed by atoms with Gasteiger partial charge in [0.15, 0.2) is 0 Å². The lowest BCUT2D eigenvalue weighted by molar-refractivity contribution is -0.148. The summed E-state index contributed by atoms with van der Waals surface area (Å²) in [5.41, 5.74) is -0.912. The molecule has 0 saturated carbocycles. The second-order valence-corrected chi connectivity index (χ2v) is 4.99. The third-order valence-electron chi connectivity index (χ3n) is 3.49. The number of para-hydroxylation sites is 2. The molecule has 1 aliphatic rings. The molecule has 0 spiro atoms. The molecule has 1 atom stereocenters. The first-order chi connectivity index (χ1) is 10.0. The number of rotatable bonds is 5. The van der Waals surface area contributed by atoms with Gasteiger partial charge in [-0.1, -0.05) is 12.1 Å². The Balaban J connectivity index is 2.29. The van der Waals surface area contributed by atoms with Crippen LogP contribution < -0.4 is 15.0 Å².